The van der Waals surface area contributed by atoms with Crippen LogP contribution in [0.1, 0.15) is 13.3 Å². The molecule has 0 fully saturated rings. The van der Waals surface area contributed by atoms with Crippen molar-refractivity contribution in [3.8, 4) is 0 Å². The minimum atomic E-state index is -0.764. The minimum Gasteiger partial charge on any atom is -0.390 e. The molecule has 8 heavy (non-hydrogen) atoms. The normalized spacial score (nSPS) is 17.4. The maximum Gasteiger partial charge on any atom is 0.0977 e. The lowest BCUT2D eigenvalue weighted by Gasteiger charge is -2.09. The van der Waals surface area contributed by atoms with Gasteiger partial charge in [-0.3, -0.25) is 0 Å². The van der Waals surface area contributed by atoms with Crippen LogP contribution in [0.2, 0.25) is 0 Å². The van der Waals surface area contributed by atoms with Gasteiger partial charge in [-0.2, -0.15) is 0 Å². The van der Waals surface area contributed by atoms with E-state index in [2.05, 4.69) is 6.58 Å². The first-order chi connectivity index (χ1) is 3.72. The van der Waals surface area contributed by atoms with Crippen molar-refractivity contribution < 1.29 is 10.2 Å². The fourth-order valence-corrected chi connectivity index (χ4v) is 0.399. The molecule has 2 nitrogen and oxygen atoms in total. The van der Waals surface area contributed by atoms with Gasteiger partial charge in [-0.15, -0.1) is 6.58 Å². The van der Waals surface area contributed by atoms with Crippen molar-refractivity contribution in [2.45, 2.75) is 25.6 Å². The summed E-state index contributed by atoms with van der Waals surface area (Å²) in [4.78, 5) is 0. The van der Waals surface area contributed by atoms with E-state index in [4.69, 9.17) is 10.2 Å². The lowest BCUT2D eigenvalue weighted by atomic mass is 10.1. The van der Waals surface area contributed by atoms with Crippen molar-refractivity contribution in [3.05, 3.63) is 12.7 Å². The van der Waals surface area contributed by atoms with Crippen molar-refractivity contribution in [1.29, 1.82) is 0 Å². The molecule has 0 bridgehead atoms. The third-order valence-electron chi connectivity index (χ3n) is 1.05. The Kier molecular flexibility index (Phi) is 3.48. The lowest BCUT2D eigenvalue weighted by molar-refractivity contribution is 0.0468. The van der Waals surface area contributed by atoms with E-state index in [1.54, 1.807) is 6.92 Å². The molecule has 0 aromatic carbocycles. The molecular formula is C6H12O2. The van der Waals surface area contributed by atoms with Crippen LogP contribution in [0.4, 0.5) is 0 Å². The number of hydrogen-bond acceptors (Lipinski definition) is 2. The van der Waals surface area contributed by atoms with E-state index < -0.39 is 12.2 Å². The van der Waals surface area contributed by atoms with Crippen LogP contribution in [-0.4, -0.2) is 22.4 Å². The Morgan fingerprint density at radius 2 is 2.12 bits per heavy atom. The van der Waals surface area contributed by atoms with Crippen molar-refractivity contribution >= 4 is 0 Å². The highest BCUT2D eigenvalue weighted by Gasteiger charge is 2.07. The van der Waals surface area contributed by atoms with E-state index in [0.29, 0.717) is 6.42 Å². The first-order valence-electron chi connectivity index (χ1n) is 2.71. The number of hydrogen-bond donors (Lipinski definition) is 2. The summed E-state index contributed by atoms with van der Waals surface area (Å²) in [5, 5.41) is 17.6. The van der Waals surface area contributed by atoms with Crippen LogP contribution in [0.25, 0.3) is 0 Å². The van der Waals surface area contributed by atoms with E-state index in [0.717, 1.165) is 0 Å². The fraction of sp³-hybridized carbons (Fsp3) is 0.667. The summed E-state index contributed by atoms with van der Waals surface area (Å²) in [7, 11) is 0. The first kappa shape index (κ1) is 7.66. The zero-order chi connectivity index (χ0) is 6.57. The monoisotopic (exact) mass is 116 g/mol. The summed E-state index contributed by atoms with van der Waals surface area (Å²) >= 11 is 0. The highest BCUT2D eigenvalue weighted by Crippen LogP contribution is 1.97. The van der Waals surface area contributed by atoms with Gasteiger partial charge in [0.2, 0.25) is 0 Å². The number of aliphatic hydroxyl groups excluding tert-OH is 2. The van der Waals surface area contributed by atoms with E-state index in [9.17, 15) is 0 Å². The van der Waals surface area contributed by atoms with Crippen LogP contribution >= 0.6 is 0 Å². The summed E-state index contributed by atoms with van der Waals surface area (Å²) < 4.78 is 0. The highest BCUT2D eigenvalue weighted by atomic mass is 16.3. The molecule has 0 aliphatic heterocycles. The molecule has 0 saturated heterocycles. The predicted octanol–water partition coefficient (Wildman–Crippen LogP) is 0.304. The summed E-state index contributed by atoms with van der Waals surface area (Å²) in [5.41, 5.74) is 0. The van der Waals surface area contributed by atoms with Gasteiger partial charge >= 0.3 is 0 Å². The molecule has 0 aliphatic rings. The molecule has 0 spiro atoms. The average Bonchev–Trinajstić information content (AvgIpc) is 1.84. The molecule has 0 aliphatic carbocycles. The summed E-state index contributed by atoms with van der Waals surface area (Å²) in [6.45, 7) is 5.12. The largest absolute Gasteiger partial charge is 0.390 e. The Hall–Kier alpha value is -0.340. The molecule has 48 valence electrons. The average molecular weight is 116 g/mol. The lowest BCUT2D eigenvalue weighted by Crippen LogP contribution is -2.21. The van der Waals surface area contributed by atoms with Gasteiger partial charge in [0.05, 0.1) is 12.2 Å². The quantitative estimate of drug-likeness (QED) is 0.521. The van der Waals surface area contributed by atoms with Gasteiger partial charge in [0.1, 0.15) is 0 Å². The standard InChI is InChI=1S/C6H12O2/c1-3-5(7)6(8)4-2/h3,5-8H,1,4H2,2H3. The van der Waals surface area contributed by atoms with Crippen molar-refractivity contribution in [2.75, 3.05) is 0 Å². The van der Waals surface area contributed by atoms with Gasteiger partial charge in [-0.1, -0.05) is 13.0 Å². The molecule has 0 saturated carbocycles. The molecule has 0 aromatic rings. The highest BCUT2D eigenvalue weighted by molar-refractivity contribution is 4.83. The molecule has 0 rings (SSSR count). The van der Waals surface area contributed by atoms with Crippen LogP contribution in [0.15, 0.2) is 12.7 Å². The predicted molar refractivity (Wildman–Crippen MR) is 32.5 cm³/mol. The zero-order valence-corrected chi connectivity index (χ0v) is 5.04. The van der Waals surface area contributed by atoms with Crippen LogP contribution in [0.3, 0.4) is 0 Å². The van der Waals surface area contributed by atoms with Gasteiger partial charge in [0, 0.05) is 0 Å². The van der Waals surface area contributed by atoms with Gasteiger partial charge in [-0.05, 0) is 6.42 Å². The van der Waals surface area contributed by atoms with Gasteiger partial charge in [0.25, 0.3) is 0 Å². The second-order valence-corrected chi connectivity index (χ2v) is 1.70. The summed E-state index contributed by atoms with van der Waals surface area (Å²) in [6.07, 6.45) is 0.481. The maximum atomic E-state index is 8.81. The van der Waals surface area contributed by atoms with E-state index in [-0.39, 0.29) is 0 Å². The third kappa shape index (κ3) is 2.09. The van der Waals surface area contributed by atoms with Crippen molar-refractivity contribution in [1.82, 2.24) is 0 Å². The fourth-order valence-electron chi connectivity index (χ4n) is 0.399. The molecular weight excluding hydrogens is 104 g/mol. The Balaban J connectivity index is 3.44. The van der Waals surface area contributed by atoms with Crippen LogP contribution in [0.5, 0.6) is 0 Å². The Labute approximate surface area is 49.5 Å². The summed E-state index contributed by atoms with van der Waals surface area (Å²) in [5.74, 6) is 0. The minimum absolute atomic E-state index is 0.563. The summed E-state index contributed by atoms with van der Waals surface area (Å²) in [6, 6.07) is 0. The topological polar surface area (TPSA) is 40.5 Å². The number of aliphatic hydroxyl groups is 2. The van der Waals surface area contributed by atoms with Gasteiger partial charge in [0.15, 0.2) is 0 Å². The molecule has 2 heteroatoms. The second-order valence-electron chi connectivity index (χ2n) is 1.70. The number of rotatable bonds is 3. The van der Waals surface area contributed by atoms with Gasteiger partial charge in [-0.25, -0.2) is 0 Å². The van der Waals surface area contributed by atoms with E-state index in [1.807, 2.05) is 0 Å². The molecule has 2 N–H and O–H groups in total. The van der Waals surface area contributed by atoms with Crippen LogP contribution < -0.4 is 0 Å². The second kappa shape index (κ2) is 3.64. The molecule has 0 amide bonds. The molecule has 0 radical (unpaired) electrons. The molecule has 0 heterocycles. The van der Waals surface area contributed by atoms with Crippen LogP contribution in [0, 0.1) is 0 Å². The third-order valence-corrected chi connectivity index (χ3v) is 1.05. The maximum absolute atomic E-state index is 8.81. The Morgan fingerprint density at radius 3 is 2.25 bits per heavy atom. The van der Waals surface area contributed by atoms with E-state index >= 15 is 0 Å². The molecule has 2 atom stereocenters. The SMILES string of the molecule is C=CC(O)C(O)CC. The van der Waals surface area contributed by atoms with Crippen LogP contribution in [-0.2, 0) is 0 Å². The first-order valence-corrected chi connectivity index (χ1v) is 2.71. The molecule has 0 aromatic heterocycles. The van der Waals surface area contributed by atoms with Gasteiger partial charge < -0.3 is 10.2 Å². The Bertz CT molecular complexity index is 70.9. The zero-order valence-electron chi connectivity index (χ0n) is 5.04. The van der Waals surface area contributed by atoms with E-state index in [1.165, 1.54) is 6.08 Å². The smallest absolute Gasteiger partial charge is 0.0977 e. The Morgan fingerprint density at radius 1 is 1.62 bits per heavy atom. The molecule has 2 unspecified atom stereocenters. The van der Waals surface area contributed by atoms with Crippen molar-refractivity contribution in [3.63, 3.8) is 0 Å². The van der Waals surface area contributed by atoms with Crippen molar-refractivity contribution in [2.24, 2.45) is 0 Å².